The van der Waals surface area contributed by atoms with E-state index < -0.39 is 6.10 Å². The van der Waals surface area contributed by atoms with Crippen LogP contribution in [0.2, 0.25) is 0 Å². The molecule has 1 aliphatic heterocycles. The SMILES string of the molecule is O=C(NCC(O)c1ccc2c(c1)CCO2)c1cnc2ccccc2n1. The van der Waals surface area contributed by atoms with Gasteiger partial charge in [0.25, 0.3) is 5.91 Å². The van der Waals surface area contributed by atoms with Crippen LogP contribution in [0, 0.1) is 0 Å². The number of carbonyl (C=O) groups is 1. The van der Waals surface area contributed by atoms with E-state index in [1.807, 2.05) is 36.4 Å². The number of hydrogen-bond acceptors (Lipinski definition) is 5. The van der Waals surface area contributed by atoms with Crippen molar-refractivity contribution in [2.75, 3.05) is 13.2 Å². The van der Waals surface area contributed by atoms with E-state index in [2.05, 4.69) is 15.3 Å². The third-order valence-electron chi connectivity index (χ3n) is 4.24. The fraction of sp³-hybridized carbons (Fsp3) is 0.211. The smallest absolute Gasteiger partial charge is 0.271 e. The first kappa shape index (κ1) is 15.5. The molecule has 1 unspecified atom stereocenters. The van der Waals surface area contributed by atoms with Gasteiger partial charge in [-0.15, -0.1) is 0 Å². The number of nitrogens with one attached hydrogen (secondary N) is 1. The third kappa shape index (κ3) is 3.16. The van der Waals surface area contributed by atoms with E-state index in [-0.39, 0.29) is 18.1 Å². The van der Waals surface area contributed by atoms with Gasteiger partial charge in [-0.3, -0.25) is 9.78 Å². The van der Waals surface area contributed by atoms with Gasteiger partial charge in [0.1, 0.15) is 11.4 Å². The summed E-state index contributed by atoms with van der Waals surface area (Å²) >= 11 is 0. The Bertz CT molecular complexity index is 942. The Balaban J connectivity index is 1.43. The number of fused-ring (bicyclic) bond motifs is 2. The van der Waals surface area contributed by atoms with E-state index in [1.54, 1.807) is 6.07 Å². The molecular formula is C19H17N3O3. The molecule has 0 saturated heterocycles. The molecule has 0 bridgehead atoms. The lowest BCUT2D eigenvalue weighted by Gasteiger charge is -2.13. The molecule has 4 rings (SSSR count). The molecule has 1 aliphatic rings. The fourth-order valence-corrected chi connectivity index (χ4v) is 2.88. The van der Waals surface area contributed by atoms with Gasteiger partial charge in [-0.2, -0.15) is 0 Å². The van der Waals surface area contributed by atoms with E-state index in [4.69, 9.17) is 4.74 Å². The Hall–Kier alpha value is -2.99. The summed E-state index contributed by atoms with van der Waals surface area (Å²) in [6, 6.07) is 13.0. The van der Waals surface area contributed by atoms with E-state index in [1.165, 1.54) is 6.20 Å². The minimum Gasteiger partial charge on any atom is -0.493 e. The largest absolute Gasteiger partial charge is 0.493 e. The molecule has 0 radical (unpaired) electrons. The Kier molecular flexibility index (Phi) is 4.03. The molecule has 0 spiro atoms. The van der Waals surface area contributed by atoms with E-state index in [0.29, 0.717) is 12.1 Å². The maximum atomic E-state index is 12.3. The van der Waals surface area contributed by atoms with Gasteiger partial charge in [-0.25, -0.2) is 4.98 Å². The van der Waals surface area contributed by atoms with Gasteiger partial charge in [0.2, 0.25) is 0 Å². The van der Waals surface area contributed by atoms with Crippen LogP contribution in [0.3, 0.4) is 0 Å². The number of aromatic nitrogens is 2. The van der Waals surface area contributed by atoms with Crippen molar-refractivity contribution in [3.63, 3.8) is 0 Å². The molecule has 1 aromatic heterocycles. The van der Waals surface area contributed by atoms with Crippen molar-refractivity contribution in [3.8, 4) is 5.75 Å². The average Bonchev–Trinajstić information content (AvgIpc) is 3.13. The molecule has 2 N–H and O–H groups in total. The highest BCUT2D eigenvalue weighted by Gasteiger charge is 2.17. The Morgan fingerprint density at radius 1 is 1.24 bits per heavy atom. The highest BCUT2D eigenvalue weighted by atomic mass is 16.5. The van der Waals surface area contributed by atoms with Crippen LogP contribution in [-0.4, -0.2) is 34.1 Å². The zero-order valence-electron chi connectivity index (χ0n) is 13.5. The number of para-hydroxylation sites is 2. The summed E-state index contributed by atoms with van der Waals surface area (Å²) < 4.78 is 5.46. The van der Waals surface area contributed by atoms with Crippen molar-refractivity contribution in [2.45, 2.75) is 12.5 Å². The topological polar surface area (TPSA) is 84.3 Å². The Morgan fingerprint density at radius 3 is 2.96 bits per heavy atom. The van der Waals surface area contributed by atoms with Crippen LogP contribution < -0.4 is 10.1 Å². The lowest BCUT2D eigenvalue weighted by Crippen LogP contribution is -2.29. The summed E-state index contributed by atoms with van der Waals surface area (Å²) in [5.74, 6) is 0.508. The Labute approximate surface area is 144 Å². The lowest BCUT2D eigenvalue weighted by molar-refractivity contribution is 0.0911. The highest BCUT2D eigenvalue weighted by molar-refractivity contribution is 5.93. The van der Waals surface area contributed by atoms with Crippen molar-refractivity contribution in [1.29, 1.82) is 0 Å². The molecule has 1 amide bonds. The van der Waals surface area contributed by atoms with Gasteiger partial charge >= 0.3 is 0 Å². The average molecular weight is 335 g/mol. The summed E-state index contributed by atoms with van der Waals surface area (Å²) in [5.41, 5.74) is 3.47. The van der Waals surface area contributed by atoms with Crippen molar-refractivity contribution >= 4 is 16.9 Å². The number of nitrogens with zero attached hydrogens (tertiary/aromatic N) is 2. The van der Waals surface area contributed by atoms with Gasteiger partial charge in [-0.05, 0) is 35.4 Å². The lowest BCUT2D eigenvalue weighted by atomic mass is 10.0. The van der Waals surface area contributed by atoms with Crippen LogP contribution in [0.1, 0.15) is 27.7 Å². The molecule has 6 heteroatoms. The standard InChI is InChI=1S/C19H17N3O3/c23-17(12-5-6-18-13(9-12)7-8-25-18)11-21-19(24)16-10-20-14-3-1-2-4-15(14)22-16/h1-6,9-10,17,23H,7-8,11H2,(H,21,24). The zero-order chi connectivity index (χ0) is 17.2. The quantitative estimate of drug-likeness (QED) is 0.762. The van der Waals surface area contributed by atoms with Crippen LogP contribution >= 0.6 is 0 Å². The van der Waals surface area contributed by atoms with E-state index in [9.17, 15) is 9.90 Å². The van der Waals surface area contributed by atoms with Crippen LogP contribution in [0.5, 0.6) is 5.75 Å². The van der Waals surface area contributed by atoms with Gasteiger partial charge in [0.15, 0.2) is 0 Å². The number of hydrogen-bond donors (Lipinski definition) is 2. The maximum absolute atomic E-state index is 12.3. The summed E-state index contributed by atoms with van der Waals surface area (Å²) in [4.78, 5) is 20.8. The molecule has 3 aromatic rings. The molecule has 0 aliphatic carbocycles. The number of amides is 1. The van der Waals surface area contributed by atoms with Crippen LogP contribution in [0.25, 0.3) is 11.0 Å². The number of aliphatic hydroxyl groups is 1. The van der Waals surface area contributed by atoms with E-state index >= 15 is 0 Å². The zero-order valence-corrected chi connectivity index (χ0v) is 13.5. The molecule has 25 heavy (non-hydrogen) atoms. The summed E-state index contributed by atoms with van der Waals surface area (Å²) in [7, 11) is 0. The molecule has 2 aromatic carbocycles. The minimum absolute atomic E-state index is 0.104. The first-order valence-corrected chi connectivity index (χ1v) is 8.14. The van der Waals surface area contributed by atoms with Crippen molar-refractivity contribution in [2.24, 2.45) is 0 Å². The fourth-order valence-electron chi connectivity index (χ4n) is 2.88. The summed E-state index contributed by atoms with van der Waals surface area (Å²) in [5, 5.41) is 13.0. The number of aliphatic hydroxyl groups excluding tert-OH is 1. The molecule has 0 fully saturated rings. The number of carbonyl (C=O) groups excluding carboxylic acids is 1. The summed E-state index contributed by atoms with van der Waals surface area (Å²) in [6.07, 6.45) is 1.49. The number of benzene rings is 2. The van der Waals surface area contributed by atoms with Crippen molar-refractivity contribution in [3.05, 3.63) is 65.5 Å². The number of rotatable bonds is 4. The van der Waals surface area contributed by atoms with Crippen molar-refractivity contribution in [1.82, 2.24) is 15.3 Å². The molecule has 126 valence electrons. The maximum Gasteiger partial charge on any atom is 0.271 e. The van der Waals surface area contributed by atoms with Crippen LogP contribution in [0.4, 0.5) is 0 Å². The second-order valence-electron chi connectivity index (χ2n) is 5.94. The number of ether oxygens (including phenoxy) is 1. The van der Waals surface area contributed by atoms with Crippen LogP contribution in [0.15, 0.2) is 48.7 Å². The normalized spacial score (nSPS) is 14.0. The summed E-state index contributed by atoms with van der Waals surface area (Å²) in [6.45, 7) is 0.777. The molecule has 1 atom stereocenters. The molecule has 6 nitrogen and oxygen atoms in total. The monoisotopic (exact) mass is 335 g/mol. The van der Waals surface area contributed by atoms with Gasteiger partial charge in [0, 0.05) is 13.0 Å². The minimum atomic E-state index is -0.789. The van der Waals surface area contributed by atoms with Gasteiger partial charge < -0.3 is 15.2 Å². The predicted octanol–water partition coefficient (Wildman–Crippen LogP) is 2.03. The van der Waals surface area contributed by atoms with Crippen molar-refractivity contribution < 1.29 is 14.6 Å². The third-order valence-corrected chi connectivity index (χ3v) is 4.24. The highest BCUT2D eigenvalue weighted by Crippen LogP contribution is 2.28. The van der Waals surface area contributed by atoms with Gasteiger partial charge in [-0.1, -0.05) is 18.2 Å². The molecule has 2 heterocycles. The van der Waals surface area contributed by atoms with E-state index in [0.717, 1.165) is 28.8 Å². The van der Waals surface area contributed by atoms with Gasteiger partial charge in [0.05, 0.1) is 29.9 Å². The predicted molar refractivity (Wildman–Crippen MR) is 92.5 cm³/mol. The Morgan fingerprint density at radius 2 is 2.08 bits per heavy atom. The first-order chi connectivity index (χ1) is 12.2. The second kappa shape index (κ2) is 6.49. The first-order valence-electron chi connectivity index (χ1n) is 8.14. The van der Waals surface area contributed by atoms with Crippen LogP contribution in [-0.2, 0) is 6.42 Å². The molecular weight excluding hydrogens is 318 g/mol. The second-order valence-corrected chi connectivity index (χ2v) is 5.94. The molecule has 0 saturated carbocycles.